The minimum Gasteiger partial charge on any atom is -0.312 e. The normalized spacial score (nSPS) is 26.9. The lowest BCUT2D eigenvalue weighted by molar-refractivity contribution is 0.408. The van der Waals surface area contributed by atoms with Crippen molar-refractivity contribution in [2.45, 2.75) is 38.8 Å². The van der Waals surface area contributed by atoms with Crippen LogP contribution in [0.4, 0.5) is 0 Å². The summed E-state index contributed by atoms with van der Waals surface area (Å²) in [6, 6.07) is 0.721. The molecule has 78 valence electrons. The van der Waals surface area contributed by atoms with Gasteiger partial charge in [0.1, 0.15) is 0 Å². The number of nitrogens with one attached hydrogen (secondary N) is 1. The van der Waals surface area contributed by atoms with E-state index >= 15 is 0 Å². The maximum Gasteiger partial charge on any atom is 0.0692 e. The number of nitrogens with zero attached hydrogens (tertiary/aromatic N) is 3. The summed E-state index contributed by atoms with van der Waals surface area (Å²) < 4.78 is 1.87. The van der Waals surface area contributed by atoms with Crippen molar-refractivity contribution in [3.8, 4) is 0 Å². The molecule has 14 heavy (non-hydrogen) atoms. The molecule has 1 aliphatic rings. The van der Waals surface area contributed by atoms with Crippen LogP contribution < -0.4 is 5.32 Å². The first-order valence-electron chi connectivity index (χ1n) is 5.44. The minimum atomic E-state index is 0.721. The molecule has 2 unspecified atom stereocenters. The van der Waals surface area contributed by atoms with Crippen molar-refractivity contribution in [1.82, 2.24) is 20.3 Å². The Morgan fingerprint density at radius 1 is 1.50 bits per heavy atom. The number of aromatic nitrogens is 3. The van der Waals surface area contributed by atoms with Crippen LogP contribution >= 0.6 is 0 Å². The second kappa shape index (κ2) is 4.55. The van der Waals surface area contributed by atoms with Gasteiger partial charge in [0.05, 0.1) is 12.7 Å². The highest BCUT2D eigenvalue weighted by molar-refractivity contribution is 4.80. The Bertz CT molecular complexity index is 257. The van der Waals surface area contributed by atoms with Crippen LogP contribution in [0.1, 0.15) is 26.2 Å². The van der Waals surface area contributed by atoms with Crippen molar-refractivity contribution < 1.29 is 0 Å². The average Bonchev–Trinajstić information content (AvgIpc) is 2.78. The van der Waals surface area contributed by atoms with Crippen LogP contribution in [0.15, 0.2) is 12.4 Å². The average molecular weight is 194 g/mol. The lowest BCUT2D eigenvalue weighted by Crippen LogP contribution is -2.33. The number of rotatable bonds is 4. The molecule has 2 atom stereocenters. The Morgan fingerprint density at radius 3 is 3.07 bits per heavy atom. The Morgan fingerprint density at radius 2 is 2.43 bits per heavy atom. The summed E-state index contributed by atoms with van der Waals surface area (Å²) in [5.74, 6) is 0.839. The zero-order valence-corrected chi connectivity index (χ0v) is 8.69. The third kappa shape index (κ3) is 2.32. The van der Waals surface area contributed by atoms with Crippen molar-refractivity contribution >= 4 is 0 Å². The van der Waals surface area contributed by atoms with Crippen molar-refractivity contribution in [1.29, 1.82) is 0 Å². The fourth-order valence-electron chi connectivity index (χ4n) is 2.17. The third-order valence-corrected chi connectivity index (χ3v) is 3.08. The molecule has 0 bridgehead atoms. The molecule has 1 heterocycles. The fraction of sp³-hybridized carbons (Fsp3) is 0.800. The van der Waals surface area contributed by atoms with Crippen molar-refractivity contribution in [3.05, 3.63) is 12.4 Å². The van der Waals surface area contributed by atoms with Gasteiger partial charge in [-0.1, -0.05) is 18.6 Å². The molecule has 1 aliphatic carbocycles. The lowest BCUT2D eigenvalue weighted by atomic mass is 10.1. The van der Waals surface area contributed by atoms with E-state index in [2.05, 4.69) is 22.6 Å². The Kier molecular flexibility index (Phi) is 3.14. The molecule has 0 saturated heterocycles. The van der Waals surface area contributed by atoms with Crippen LogP contribution in [-0.4, -0.2) is 27.6 Å². The molecule has 1 aromatic heterocycles. The summed E-state index contributed by atoms with van der Waals surface area (Å²) in [5.41, 5.74) is 0. The monoisotopic (exact) mass is 194 g/mol. The zero-order valence-electron chi connectivity index (χ0n) is 8.69. The summed E-state index contributed by atoms with van der Waals surface area (Å²) in [6.45, 7) is 4.25. The summed E-state index contributed by atoms with van der Waals surface area (Å²) in [5, 5.41) is 11.3. The van der Waals surface area contributed by atoms with Crippen LogP contribution in [0.3, 0.4) is 0 Å². The maximum absolute atomic E-state index is 3.93. The first-order chi connectivity index (χ1) is 6.86. The molecule has 1 fully saturated rings. The smallest absolute Gasteiger partial charge is 0.0692 e. The van der Waals surface area contributed by atoms with E-state index in [0.29, 0.717) is 0 Å². The van der Waals surface area contributed by atoms with E-state index in [1.807, 2.05) is 10.9 Å². The molecule has 0 aromatic carbocycles. The Labute approximate surface area is 84.7 Å². The highest BCUT2D eigenvalue weighted by atomic mass is 15.4. The topological polar surface area (TPSA) is 42.7 Å². The van der Waals surface area contributed by atoms with Crippen molar-refractivity contribution in [2.24, 2.45) is 5.92 Å². The van der Waals surface area contributed by atoms with Gasteiger partial charge in [0, 0.05) is 18.8 Å². The minimum absolute atomic E-state index is 0.721. The second-order valence-corrected chi connectivity index (χ2v) is 4.13. The maximum atomic E-state index is 3.93. The number of hydrogen-bond donors (Lipinski definition) is 1. The number of hydrogen-bond acceptors (Lipinski definition) is 3. The first-order valence-corrected chi connectivity index (χ1v) is 5.44. The molecule has 1 saturated carbocycles. The van der Waals surface area contributed by atoms with Gasteiger partial charge in [-0.25, -0.2) is 0 Å². The molecule has 2 rings (SSSR count). The SMILES string of the molecule is CC1CCCC1NCCn1ccnn1. The fourth-order valence-corrected chi connectivity index (χ4v) is 2.17. The van der Waals surface area contributed by atoms with Gasteiger partial charge < -0.3 is 5.32 Å². The molecule has 0 amide bonds. The van der Waals surface area contributed by atoms with E-state index in [4.69, 9.17) is 0 Å². The van der Waals surface area contributed by atoms with Gasteiger partial charge >= 0.3 is 0 Å². The molecule has 1 aromatic rings. The molecular weight excluding hydrogens is 176 g/mol. The molecule has 0 aliphatic heterocycles. The lowest BCUT2D eigenvalue weighted by Gasteiger charge is -2.16. The van der Waals surface area contributed by atoms with E-state index in [1.54, 1.807) is 6.20 Å². The van der Waals surface area contributed by atoms with Gasteiger partial charge in [-0.3, -0.25) is 4.68 Å². The van der Waals surface area contributed by atoms with Crippen LogP contribution in [0.25, 0.3) is 0 Å². The predicted octanol–water partition coefficient (Wildman–Crippen LogP) is 1.06. The van der Waals surface area contributed by atoms with E-state index in [-0.39, 0.29) is 0 Å². The molecule has 1 N–H and O–H groups in total. The summed E-state index contributed by atoms with van der Waals surface area (Å²) in [6.07, 6.45) is 7.71. The van der Waals surface area contributed by atoms with Gasteiger partial charge in [-0.05, 0) is 18.8 Å². The van der Waals surface area contributed by atoms with Gasteiger partial charge in [0.25, 0.3) is 0 Å². The van der Waals surface area contributed by atoms with Crippen LogP contribution in [0.2, 0.25) is 0 Å². The molecular formula is C10H18N4. The Balaban J connectivity index is 1.68. The Hall–Kier alpha value is -0.900. The summed E-state index contributed by atoms with van der Waals surface area (Å²) >= 11 is 0. The quantitative estimate of drug-likeness (QED) is 0.779. The molecule has 0 radical (unpaired) electrons. The molecule has 0 spiro atoms. The largest absolute Gasteiger partial charge is 0.312 e. The second-order valence-electron chi connectivity index (χ2n) is 4.13. The van der Waals surface area contributed by atoms with E-state index in [1.165, 1.54) is 19.3 Å². The summed E-state index contributed by atoms with van der Waals surface area (Å²) in [7, 11) is 0. The highest BCUT2D eigenvalue weighted by Gasteiger charge is 2.21. The van der Waals surface area contributed by atoms with Crippen molar-refractivity contribution in [3.63, 3.8) is 0 Å². The molecule has 4 heteroatoms. The van der Waals surface area contributed by atoms with Gasteiger partial charge in [0.2, 0.25) is 0 Å². The van der Waals surface area contributed by atoms with Crippen LogP contribution in [-0.2, 0) is 6.54 Å². The predicted molar refractivity (Wildman–Crippen MR) is 54.8 cm³/mol. The summed E-state index contributed by atoms with van der Waals surface area (Å²) in [4.78, 5) is 0. The van der Waals surface area contributed by atoms with Gasteiger partial charge in [-0.15, -0.1) is 5.10 Å². The van der Waals surface area contributed by atoms with E-state index in [9.17, 15) is 0 Å². The highest BCUT2D eigenvalue weighted by Crippen LogP contribution is 2.24. The van der Waals surface area contributed by atoms with Crippen molar-refractivity contribution in [2.75, 3.05) is 6.54 Å². The zero-order chi connectivity index (χ0) is 9.80. The first kappa shape index (κ1) is 9.65. The van der Waals surface area contributed by atoms with Crippen LogP contribution in [0.5, 0.6) is 0 Å². The third-order valence-electron chi connectivity index (χ3n) is 3.08. The van der Waals surface area contributed by atoms with Gasteiger partial charge in [0.15, 0.2) is 0 Å². The van der Waals surface area contributed by atoms with Crippen LogP contribution in [0, 0.1) is 5.92 Å². The molecule has 4 nitrogen and oxygen atoms in total. The van der Waals surface area contributed by atoms with E-state index in [0.717, 1.165) is 25.0 Å². The van der Waals surface area contributed by atoms with E-state index < -0.39 is 0 Å². The van der Waals surface area contributed by atoms with Gasteiger partial charge in [-0.2, -0.15) is 0 Å². The standard InChI is InChI=1S/C10H18N4/c1-9-3-2-4-10(9)11-5-7-14-8-6-12-13-14/h6,8-11H,2-5,7H2,1H3.